The first-order valence-electron chi connectivity index (χ1n) is 7.55. The van der Waals surface area contributed by atoms with Crippen LogP contribution < -0.4 is 5.32 Å². The van der Waals surface area contributed by atoms with Gasteiger partial charge in [0.25, 0.3) is 0 Å². The number of pyridine rings is 1. The molecule has 3 heterocycles. The van der Waals surface area contributed by atoms with E-state index in [0.29, 0.717) is 10.4 Å². The second kappa shape index (κ2) is 7.73. The highest BCUT2D eigenvalue weighted by atomic mass is 79.9. The van der Waals surface area contributed by atoms with E-state index in [0.717, 1.165) is 6.07 Å². The molecule has 0 unspecified atom stereocenters. The zero-order chi connectivity index (χ0) is 19.6. The monoisotopic (exact) mass is 462 g/mol. The number of carbonyl (C=O) groups excluding carboxylic acids is 1. The normalized spacial score (nSPS) is 12.2. The number of rotatable bonds is 5. The number of amides is 1. The van der Waals surface area contributed by atoms with E-state index < -0.39 is 11.7 Å². The summed E-state index contributed by atoms with van der Waals surface area (Å²) in [7, 11) is 0. The number of hydrogen-bond acceptors (Lipinski definition) is 4. The Hall–Kier alpha value is -2.33. The quantitative estimate of drug-likeness (QED) is 0.578. The maximum Gasteiger partial charge on any atom is 0.420 e. The number of nitrogens with zero attached hydrogens (tertiary/aromatic N) is 3. The molecule has 11 heteroatoms. The van der Waals surface area contributed by atoms with Gasteiger partial charge in [-0.2, -0.15) is 13.2 Å². The third-order valence-electron chi connectivity index (χ3n) is 3.49. The van der Waals surface area contributed by atoms with E-state index in [-0.39, 0.29) is 35.4 Å². The molecule has 3 rings (SSSR count). The van der Waals surface area contributed by atoms with Crippen molar-refractivity contribution in [3.8, 4) is 0 Å². The average molecular weight is 464 g/mol. The van der Waals surface area contributed by atoms with E-state index in [9.17, 15) is 18.0 Å². The number of aromatic nitrogens is 3. The molecule has 0 aliphatic heterocycles. The van der Waals surface area contributed by atoms with Crippen molar-refractivity contribution in [3.63, 3.8) is 0 Å². The van der Waals surface area contributed by atoms with Gasteiger partial charge in [-0.3, -0.25) is 9.20 Å². The molecule has 0 spiro atoms. The summed E-state index contributed by atoms with van der Waals surface area (Å²) < 4.78 is 46.2. The Bertz CT molecular complexity index is 1010. The van der Waals surface area contributed by atoms with Gasteiger partial charge in [0.1, 0.15) is 17.1 Å². The van der Waals surface area contributed by atoms with Crippen LogP contribution in [0.5, 0.6) is 0 Å². The minimum absolute atomic E-state index is 0.0903. The molecule has 1 N–H and O–H groups in total. The first-order valence-corrected chi connectivity index (χ1v) is 8.73. The van der Waals surface area contributed by atoms with Gasteiger partial charge < -0.3 is 9.73 Å². The highest BCUT2D eigenvalue weighted by Gasteiger charge is 2.35. The number of nitrogens with one attached hydrogen (secondary N) is 1. The van der Waals surface area contributed by atoms with E-state index in [2.05, 4.69) is 31.4 Å². The summed E-state index contributed by atoms with van der Waals surface area (Å²) >= 11 is 8.93. The minimum atomic E-state index is -4.60. The summed E-state index contributed by atoms with van der Waals surface area (Å²) in [6.45, 7) is 0.152. The van der Waals surface area contributed by atoms with E-state index in [1.54, 1.807) is 12.1 Å². The van der Waals surface area contributed by atoms with Gasteiger partial charge in [-0.1, -0.05) is 11.6 Å². The Morgan fingerprint density at radius 3 is 2.81 bits per heavy atom. The van der Waals surface area contributed by atoms with Crippen LogP contribution in [0, 0.1) is 0 Å². The van der Waals surface area contributed by atoms with E-state index in [1.807, 2.05) is 0 Å². The number of fused-ring (bicyclic) bond motifs is 1. The summed E-state index contributed by atoms with van der Waals surface area (Å²) in [5.41, 5.74) is -1.30. The summed E-state index contributed by atoms with van der Waals surface area (Å²) in [6.07, 6.45) is -0.354. The highest BCUT2D eigenvalue weighted by molar-refractivity contribution is 9.10. The zero-order valence-corrected chi connectivity index (χ0v) is 15.8. The van der Waals surface area contributed by atoms with Crippen molar-refractivity contribution in [2.45, 2.75) is 12.6 Å². The molecule has 0 radical (unpaired) electrons. The van der Waals surface area contributed by atoms with Crippen molar-refractivity contribution < 1.29 is 22.4 Å². The van der Waals surface area contributed by atoms with Gasteiger partial charge >= 0.3 is 6.18 Å². The first kappa shape index (κ1) is 19.4. The van der Waals surface area contributed by atoms with Gasteiger partial charge in [0.05, 0.1) is 5.02 Å². The third-order valence-corrected chi connectivity index (χ3v) is 4.12. The van der Waals surface area contributed by atoms with Gasteiger partial charge in [-0.15, -0.1) is 10.2 Å². The molecule has 27 heavy (non-hydrogen) atoms. The van der Waals surface area contributed by atoms with Crippen LogP contribution in [-0.2, 0) is 17.4 Å². The summed E-state index contributed by atoms with van der Waals surface area (Å²) in [4.78, 5) is 11.8. The number of halogens is 5. The number of hydrogen-bond donors (Lipinski definition) is 1. The lowest BCUT2D eigenvalue weighted by Crippen LogP contribution is -2.24. The zero-order valence-electron chi connectivity index (χ0n) is 13.4. The molecule has 0 aromatic carbocycles. The number of alkyl halides is 3. The Balaban J connectivity index is 1.66. The first-order chi connectivity index (χ1) is 12.7. The van der Waals surface area contributed by atoms with Crippen molar-refractivity contribution >= 4 is 45.2 Å². The molecule has 0 saturated heterocycles. The van der Waals surface area contributed by atoms with E-state index in [4.69, 9.17) is 16.0 Å². The van der Waals surface area contributed by atoms with Gasteiger partial charge in [0.15, 0.2) is 10.3 Å². The smallest absolute Gasteiger partial charge is 0.420 e. The van der Waals surface area contributed by atoms with E-state index in [1.165, 1.54) is 22.7 Å². The van der Waals surface area contributed by atoms with Crippen LogP contribution in [0.2, 0.25) is 5.02 Å². The number of furan rings is 1. The maximum absolute atomic E-state index is 13.1. The van der Waals surface area contributed by atoms with Gasteiger partial charge in [0.2, 0.25) is 5.91 Å². The molecule has 3 aromatic heterocycles. The largest absolute Gasteiger partial charge is 0.450 e. The predicted molar refractivity (Wildman–Crippen MR) is 95.2 cm³/mol. The fraction of sp³-hybridized carbons (Fsp3) is 0.188. The van der Waals surface area contributed by atoms with Crippen molar-refractivity contribution in [2.75, 3.05) is 6.54 Å². The Kier molecular flexibility index (Phi) is 5.56. The molecule has 0 fully saturated rings. The molecule has 3 aromatic rings. The molecule has 0 aliphatic carbocycles. The molecule has 0 bridgehead atoms. The average Bonchev–Trinajstić information content (AvgIpc) is 3.18. The Morgan fingerprint density at radius 1 is 1.37 bits per heavy atom. The molecule has 6 nitrogen and oxygen atoms in total. The topological polar surface area (TPSA) is 72.4 Å². The lowest BCUT2D eigenvalue weighted by molar-refractivity contribution is -0.136. The van der Waals surface area contributed by atoms with E-state index >= 15 is 0 Å². The van der Waals surface area contributed by atoms with Crippen LogP contribution in [0.3, 0.4) is 0 Å². The van der Waals surface area contributed by atoms with Crippen molar-refractivity contribution in [3.05, 3.63) is 57.3 Å². The molecule has 0 aliphatic rings. The molecular formula is C16H11BrClF3N4O2. The lowest BCUT2D eigenvalue weighted by atomic mass is 10.2. The Morgan fingerprint density at radius 2 is 2.15 bits per heavy atom. The van der Waals surface area contributed by atoms with Crippen LogP contribution in [0.4, 0.5) is 13.2 Å². The lowest BCUT2D eigenvalue weighted by Gasteiger charge is -2.09. The molecule has 1 amide bonds. The van der Waals surface area contributed by atoms with Gasteiger partial charge in [-0.25, -0.2) is 0 Å². The van der Waals surface area contributed by atoms with Crippen LogP contribution in [0.1, 0.15) is 17.1 Å². The highest BCUT2D eigenvalue weighted by Crippen LogP contribution is 2.33. The maximum atomic E-state index is 13.1. The predicted octanol–water partition coefficient (Wildman–Crippen LogP) is 4.13. The molecule has 142 valence electrons. The second-order valence-corrected chi connectivity index (χ2v) is 6.61. The van der Waals surface area contributed by atoms with Crippen molar-refractivity contribution in [2.24, 2.45) is 0 Å². The minimum Gasteiger partial charge on any atom is -0.450 e. The van der Waals surface area contributed by atoms with Crippen LogP contribution in [0.25, 0.3) is 11.7 Å². The molecule has 0 saturated carbocycles. The second-order valence-electron chi connectivity index (χ2n) is 5.40. The van der Waals surface area contributed by atoms with Crippen LogP contribution in [0.15, 0.2) is 39.6 Å². The summed E-state index contributed by atoms with van der Waals surface area (Å²) in [5.74, 6) is 0.359. The van der Waals surface area contributed by atoms with Crippen molar-refractivity contribution in [1.82, 2.24) is 19.9 Å². The van der Waals surface area contributed by atoms with Gasteiger partial charge in [-0.05, 0) is 40.2 Å². The number of carbonyl (C=O) groups is 1. The van der Waals surface area contributed by atoms with Crippen molar-refractivity contribution in [1.29, 1.82) is 0 Å². The Labute approximate surface area is 164 Å². The standard InChI is InChI=1S/C16H11BrClF3N4O2/c17-12-3-1-10(27-12)2-4-14(26)22-6-5-13-23-24-15-11(16(19,20)21)7-9(18)8-25(13)15/h1-4,7-8H,5-6H2,(H,22,26)/b4-2+. The SMILES string of the molecule is O=C(/C=C/c1ccc(Br)o1)NCCc1nnc2c(C(F)(F)F)cc(Cl)cn12. The fourth-order valence-corrected chi connectivity index (χ4v) is 2.84. The summed E-state index contributed by atoms with van der Waals surface area (Å²) in [6, 6.07) is 4.17. The third kappa shape index (κ3) is 4.69. The summed E-state index contributed by atoms with van der Waals surface area (Å²) in [5, 5.41) is 9.88. The van der Waals surface area contributed by atoms with Crippen LogP contribution >= 0.6 is 27.5 Å². The van der Waals surface area contributed by atoms with Crippen LogP contribution in [-0.4, -0.2) is 27.0 Å². The molecular weight excluding hydrogens is 453 g/mol. The molecule has 0 atom stereocenters. The van der Waals surface area contributed by atoms with Gasteiger partial charge in [0, 0.05) is 25.2 Å². The fourth-order valence-electron chi connectivity index (χ4n) is 2.32.